The number of benzene rings is 1. The number of pyridine rings is 1. The van der Waals surface area contributed by atoms with E-state index in [1.165, 1.54) is 12.4 Å². The second-order valence-electron chi connectivity index (χ2n) is 4.52. The summed E-state index contributed by atoms with van der Waals surface area (Å²) in [5.41, 5.74) is 5.55. The lowest BCUT2D eigenvalue weighted by Gasteiger charge is -2.08. The van der Waals surface area contributed by atoms with Crippen molar-refractivity contribution in [2.45, 2.75) is 13.3 Å². The van der Waals surface area contributed by atoms with Gasteiger partial charge in [0.15, 0.2) is 0 Å². The lowest BCUT2D eigenvalue weighted by molar-refractivity contribution is 0.0846. The van der Waals surface area contributed by atoms with Gasteiger partial charge in [0.1, 0.15) is 5.75 Å². The van der Waals surface area contributed by atoms with E-state index in [4.69, 9.17) is 4.74 Å². The van der Waals surface area contributed by atoms with Gasteiger partial charge in [-0.1, -0.05) is 6.92 Å². The summed E-state index contributed by atoms with van der Waals surface area (Å²) in [6.07, 6.45) is 3.93. The maximum atomic E-state index is 11.9. The Labute approximate surface area is 128 Å². The zero-order valence-electron chi connectivity index (χ0n) is 12.2. The average Bonchev–Trinajstić information content (AvgIpc) is 2.58. The Bertz CT molecular complexity index is 627. The molecule has 0 aliphatic carbocycles. The number of amides is 2. The van der Waals surface area contributed by atoms with Crippen LogP contribution < -0.4 is 15.6 Å². The number of nitrogens with one attached hydrogen (secondary N) is 2. The van der Waals surface area contributed by atoms with Crippen molar-refractivity contribution in [1.82, 2.24) is 15.8 Å². The number of nitrogens with zero attached hydrogens (tertiary/aromatic N) is 1. The molecule has 0 atom stereocenters. The zero-order valence-corrected chi connectivity index (χ0v) is 12.2. The smallest absolute Gasteiger partial charge is 0.269 e. The Hall–Kier alpha value is -2.89. The highest BCUT2D eigenvalue weighted by atomic mass is 16.5. The van der Waals surface area contributed by atoms with E-state index in [0.717, 1.165) is 6.42 Å². The topological polar surface area (TPSA) is 80.3 Å². The number of ether oxygens (including phenoxy) is 1. The molecule has 0 saturated carbocycles. The van der Waals surface area contributed by atoms with Crippen LogP contribution in [0.4, 0.5) is 0 Å². The molecule has 114 valence electrons. The minimum atomic E-state index is -0.404. The average molecular weight is 299 g/mol. The van der Waals surface area contributed by atoms with E-state index in [9.17, 15) is 9.59 Å². The van der Waals surface area contributed by atoms with Crippen molar-refractivity contribution in [2.24, 2.45) is 0 Å². The molecule has 0 spiro atoms. The number of aromatic nitrogens is 1. The normalized spacial score (nSPS) is 9.86. The molecule has 1 heterocycles. The Morgan fingerprint density at radius 1 is 0.955 bits per heavy atom. The van der Waals surface area contributed by atoms with Crippen molar-refractivity contribution in [3.05, 3.63) is 59.9 Å². The highest BCUT2D eigenvalue weighted by molar-refractivity contribution is 5.98. The fourth-order valence-electron chi connectivity index (χ4n) is 1.68. The summed E-state index contributed by atoms with van der Waals surface area (Å²) < 4.78 is 5.44. The number of rotatable bonds is 5. The molecule has 1 aromatic carbocycles. The Balaban J connectivity index is 1.88. The van der Waals surface area contributed by atoms with Crippen LogP contribution in [-0.4, -0.2) is 23.4 Å². The first kappa shape index (κ1) is 15.5. The van der Waals surface area contributed by atoms with E-state index in [-0.39, 0.29) is 0 Å². The van der Waals surface area contributed by atoms with Crippen LogP contribution in [0.2, 0.25) is 0 Å². The van der Waals surface area contributed by atoms with Crippen LogP contribution in [0.15, 0.2) is 48.8 Å². The zero-order chi connectivity index (χ0) is 15.8. The molecular weight excluding hydrogens is 282 g/mol. The lowest BCUT2D eigenvalue weighted by atomic mass is 10.2. The van der Waals surface area contributed by atoms with Crippen LogP contribution in [-0.2, 0) is 0 Å². The van der Waals surface area contributed by atoms with Gasteiger partial charge in [0.25, 0.3) is 11.8 Å². The first-order valence-electron chi connectivity index (χ1n) is 6.94. The summed E-state index contributed by atoms with van der Waals surface area (Å²) in [6, 6.07) is 9.82. The van der Waals surface area contributed by atoms with Gasteiger partial charge in [0, 0.05) is 23.5 Å². The second kappa shape index (κ2) is 7.78. The molecule has 2 N–H and O–H groups in total. The number of hydrazine groups is 1. The number of hydrogen-bond acceptors (Lipinski definition) is 4. The maximum absolute atomic E-state index is 11.9. The van der Waals surface area contributed by atoms with Gasteiger partial charge in [-0.15, -0.1) is 0 Å². The molecule has 1 aromatic heterocycles. The van der Waals surface area contributed by atoms with Gasteiger partial charge in [0.05, 0.1) is 6.61 Å². The molecule has 2 amide bonds. The molecule has 0 bridgehead atoms. The number of hydrogen-bond donors (Lipinski definition) is 2. The van der Waals surface area contributed by atoms with Crippen molar-refractivity contribution < 1.29 is 14.3 Å². The van der Waals surface area contributed by atoms with Crippen molar-refractivity contribution in [2.75, 3.05) is 6.61 Å². The first-order valence-corrected chi connectivity index (χ1v) is 6.94. The van der Waals surface area contributed by atoms with Gasteiger partial charge in [-0.05, 0) is 42.8 Å². The molecule has 0 saturated heterocycles. The Morgan fingerprint density at radius 2 is 1.50 bits per heavy atom. The van der Waals surface area contributed by atoms with Crippen molar-refractivity contribution in [1.29, 1.82) is 0 Å². The van der Waals surface area contributed by atoms with E-state index in [1.54, 1.807) is 36.4 Å². The Kier molecular flexibility index (Phi) is 5.48. The molecule has 0 aliphatic heterocycles. The van der Waals surface area contributed by atoms with Gasteiger partial charge >= 0.3 is 0 Å². The molecule has 0 aliphatic rings. The molecule has 6 heteroatoms. The van der Waals surface area contributed by atoms with Crippen LogP contribution >= 0.6 is 0 Å². The number of carbonyl (C=O) groups excluding carboxylic acids is 2. The molecule has 0 unspecified atom stereocenters. The third kappa shape index (κ3) is 4.31. The van der Waals surface area contributed by atoms with E-state index < -0.39 is 11.8 Å². The minimum absolute atomic E-state index is 0.399. The maximum Gasteiger partial charge on any atom is 0.269 e. The lowest BCUT2D eigenvalue weighted by Crippen LogP contribution is -2.41. The van der Waals surface area contributed by atoms with E-state index in [2.05, 4.69) is 15.8 Å². The van der Waals surface area contributed by atoms with Gasteiger partial charge in [-0.25, -0.2) is 0 Å². The summed E-state index contributed by atoms with van der Waals surface area (Å²) in [5.74, 6) is -0.0951. The summed E-state index contributed by atoms with van der Waals surface area (Å²) >= 11 is 0. The SMILES string of the molecule is CCCOc1ccc(C(=O)NNC(=O)c2ccncc2)cc1. The van der Waals surface area contributed by atoms with Crippen molar-refractivity contribution >= 4 is 11.8 Å². The third-order valence-electron chi connectivity index (χ3n) is 2.82. The molecule has 2 rings (SSSR count). The predicted octanol–water partition coefficient (Wildman–Crippen LogP) is 1.95. The van der Waals surface area contributed by atoms with E-state index in [0.29, 0.717) is 23.5 Å². The molecule has 0 fully saturated rings. The summed E-state index contributed by atoms with van der Waals surface area (Å²) in [7, 11) is 0. The minimum Gasteiger partial charge on any atom is -0.494 e. The summed E-state index contributed by atoms with van der Waals surface area (Å²) in [4.78, 5) is 27.5. The quantitative estimate of drug-likeness (QED) is 0.827. The molecule has 0 radical (unpaired) electrons. The van der Waals surface area contributed by atoms with Crippen LogP contribution in [0.1, 0.15) is 34.1 Å². The standard InChI is InChI=1S/C16H17N3O3/c1-2-11-22-14-5-3-12(4-6-14)15(20)18-19-16(21)13-7-9-17-10-8-13/h3-10H,2,11H2,1H3,(H,18,20)(H,19,21). The van der Waals surface area contributed by atoms with Crippen LogP contribution in [0.25, 0.3) is 0 Å². The molecule has 6 nitrogen and oxygen atoms in total. The van der Waals surface area contributed by atoms with Gasteiger partial charge in [-0.2, -0.15) is 0 Å². The van der Waals surface area contributed by atoms with Crippen LogP contribution in [0.3, 0.4) is 0 Å². The van der Waals surface area contributed by atoms with Gasteiger partial charge in [-0.3, -0.25) is 25.4 Å². The van der Waals surface area contributed by atoms with E-state index in [1.807, 2.05) is 6.92 Å². The largest absolute Gasteiger partial charge is 0.494 e. The van der Waals surface area contributed by atoms with E-state index >= 15 is 0 Å². The first-order chi connectivity index (χ1) is 10.7. The fraction of sp³-hybridized carbons (Fsp3) is 0.188. The third-order valence-corrected chi connectivity index (χ3v) is 2.82. The van der Waals surface area contributed by atoms with Crippen LogP contribution in [0, 0.1) is 0 Å². The van der Waals surface area contributed by atoms with Crippen molar-refractivity contribution in [3.63, 3.8) is 0 Å². The molecular formula is C16H17N3O3. The summed E-state index contributed by atoms with van der Waals surface area (Å²) in [5, 5.41) is 0. The monoisotopic (exact) mass is 299 g/mol. The van der Waals surface area contributed by atoms with Crippen LogP contribution in [0.5, 0.6) is 5.75 Å². The van der Waals surface area contributed by atoms with Gasteiger partial charge in [0.2, 0.25) is 0 Å². The predicted molar refractivity (Wildman–Crippen MR) is 81.4 cm³/mol. The summed E-state index contributed by atoms with van der Waals surface area (Å²) in [6.45, 7) is 2.65. The second-order valence-corrected chi connectivity index (χ2v) is 4.52. The van der Waals surface area contributed by atoms with Gasteiger partial charge < -0.3 is 4.74 Å². The van der Waals surface area contributed by atoms with Crippen molar-refractivity contribution in [3.8, 4) is 5.75 Å². The molecule has 2 aromatic rings. The highest BCUT2D eigenvalue weighted by Gasteiger charge is 2.08. The Morgan fingerprint density at radius 3 is 2.05 bits per heavy atom. The number of carbonyl (C=O) groups is 2. The highest BCUT2D eigenvalue weighted by Crippen LogP contribution is 2.12. The molecule has 22 heavy (non-hydrogen) atoms. The fourth-order valence-corrected chi connectivity index (χ4v) is 1.68.